The molecule has 8 heteroatoms. The number of amides is 1. The van der Waals surface area contributed by atoms with E-state index in [1.807, 2.05) is 6.92 Å². The highest BCUT2D eigenvalue weighted by molar-refractivity contribution is 6.31. The summed E-state index contributed by atoms with van der Waals surface area (Å²) in [5.41, 5.74) is 1.84. The molecule has 1 amide bonds. The molecule has 0 saturated carbocycles. The number of benzene rings is 1. The highest BCUT2D eigenvalue weighted by atomic mass is 35.5. The Balaban J connectivity index is 2.29. The third-order valence-electron chi connectivity index (χ3n) is 3.88. The number of hydrogen-bond donors (Lipinski definition) is 0. The van der Waals surface area contributed by atoms with E-state index in [1.165, 1.54) is 12.1 Å². The number of alkyl halides is 3. The second-order valence-electron chi connectivity index (χ2n) is 7.78. The summed E-state index contributed by atoms with van der Waals surface area (Å²) in [4.78, 5) is 13.5. The van der Waals surface area contributed by atoms with Crippen molar-refractivity contribution in [1.29, 1.82) is 0 Å². The van der Waals surface area contributed by atoms with Gasteiger partial charge in [0.05, 0.1) is 22.1 Å². The minimum atomic E-state index is -4.46. The van der Waals surface area contributed by atoms with Gasteiger partial charge in [0.15, 0.2) is 0 Å². The lowest BCUT2D eigenvalue weighted by Crippen LogP contribution is -2.43. The van der Waals surface area contributed by atoms with E-state index < -0.39 is 24.0 Å². The van der Waals surface area contributed by atoms with Gasteiger partial charge in [-0.2, -0.15) is 18.3 Å². The number of aromatic nitrogens is 2. The molecule has 0 bridgehead atoms. The summed E-state index contributed by atoms with van der Waals surface area (Å²) in [6.45, 7) is 7.69. The molecule has 0 aliphatic rings. The van der Waals surface area contributed by atoms with Crippen molar-refractivity contribution in [3.8, 4) is 5.69 Å². The lowest BCUT2D eigenvalue weighted by molar-refractivity contribution is -0.142. The monoisotopic (exact) mass is 401 g/mol. The van der Waals surface area contributed by atoms with E-state index in [-0.39, 0.29) is 12.1 Å². The summed E-state index contributed by atoms with van der Waals surface area (Å²) >= 11 is 6.14. The average Bonchev–Trinajstić information content (AvgIpc) is 2.79. The van der Waals surface area contributed by atoms with Crippen LogP contribution in [0.15, 0.2) is 24.3 Å². The first-order chi connectivity index (χ1) is 12.3. The molecule has 0 N–H and O–H groups in total. The maximum atomic E-state index is 12.9. The Morgan fingerprint density at radius 1 is 1.11 bits per heavy atom. The Hall–Kier alpha value is -2.02. The van der Waals surface area contributed by atoms with Crippen LogP contribution in [0.2, 0.25) is 5.02 Å². The summed E-state index contributed by atoms with van der Waals surface area (Å²) in [7, 11) is 0. The lowest BCUT2D eigenvalue weighted by Gasteiger charge is -2.30. The number of aryl methyl sites for hydroxylation is 1. The van der Waals surface area contributed by atoms with Crippen LogP contribution < -0.4 is 0 Å². The number of hydrogen-bond acceptors (Lipinski definition) is 2. The van der Waals surface area contributed by atoms with Gasteiger partial charge in [-0.15, -0.1) is 0 Å². The third-order valence-corrected chi connectivity index (χ3v) is 4.43. The third kappa shape index (κ3) is 5.48. The Morgan fingerprint density at radius 3 is 2.07 bits per heavy atom. The molecule has 27 heavy (non-hydrogen) atoms. The van der Waals surface area contributed by atoms with Crippen molar-refractivity contribution in [1.82, 2.24) is 14.7 Å². The highest BCUT2D eigenvalue weighted by Gasteiger charge is 2.35. The van der Waals surface area contributed by atoms with Gasteiger partial charge in [0, 0.05) is 12.1 Å². The van der Waals surface area contributed by atoms with Crippen LogP contribution in [0.5, 0.6) is 0 Å². The largest absolute Gasteiger partial charge is 0.406 e. The molecule has 148 valence electrons. The number of rotatable bonds is 4. The molecule has 2 aromatic rings. The summed E-state index contributed by atoms with van der Waals surface area (Å²) in [5, 5.41) is 4.88. The number of nitrogens with zero attached hydrogens (tertiary/aromatic N) is 3. The molecule has 1 heterocycles. The van der Waals surface area contributed by atoms with Crippen LogP contribution in [0.1, 0.15) is 42.5 Å². The molecule has 0 saturated heterocycles. The predicted molar refractivity (Wildman–Crippen MR) is 99.5 cm³/mol. The van der Waals surface area contributed by atoms with E-state index in [1.54, 1.807) is 44.5 Å². The van der Waals surface area contributed by atoms with Crippen molar-refractivity contribution in [2.24, 2.45) is 5.41 Å². The van der Waals surface area contributed by atoms with Gasteiger partial charge >= 0.3 is 6.18 Å². The van der Waals surface area contributed by atoms with Gasteiger partial charge in [0.25, 0.3) is 5.91 Å². The van der Waals surface area contributed by atoms with E-state index in [0.717, 1.165) is 10.6 Å². The molecule has 4 nitrogen and oxygen atoms in total. The van der Waals surface area contributed by atoms with E-state index in [4.69, 9.17) is 11.6 Å². The van der Waals surface area contributed by atoms with Crippen LogP contribution in [0, 0.1) is 19.3 Å². The van der Waals surface area contributed by atoms with Crippen LogP contribution in [0.25, 0.3) is 5.69 Å². The summed E-state index contributed by atoms with van der Waals surface area (Å²) < 4.78 is 40.4. The fraction of sp³-hybridized carbons (Fsp3) is 0.474. The van der Waals surface area contributed by atoms with Crippen molar-refractivity contribution in [3.63, 3.8) is 0 Å². The summed E-state index contributed by atoms with van der Waals surface area (Å²) in [6, 6.07) is 6.31. The zero-order chi connectivity index (χ0) is 20.6. The Labute approximate surface area is 161 Å². The first-order valence-corrected chi connectivity index (χ1v) is 8.84. The Kier molecular flexibility index (Phi) is 5.94. The standard InChI is InChI=1S/C19H23ClF3N3O/c1-12-16(20)13(2)26(24-12)15-8-6-14(7-9-15)17(27)25(10-18(3,4)5)11-19(21,22)23/h6-9H,10-11H2,1-5H3. The predicted octanol–water partition coefficient (Wildman–Crippen LogP) is 5.19. The normalized spacial score (nSPS) is 12.3. The van der Waals surface area contributed by atoms with Gasteiger partial charge in [-0.25, -0.2) is 4.68 Å². The molecule has 2 rings (SSSR count). The SMILES string of the molecule is Cc1nn(-c2ccc(C(=O)N(CC(C)(C)C)CC(F)(F)F)cc2)c(C)c1Cl. The minimum Gasteiger partial charge on any atom is -0.329 e. The van der Waals surface area contributed by atoms with Crippen LogP contribution in [-0.4, -0.2) is 39.9 Å². The fourth-order valence-corrected chi connectivity index (χ4v) is 2.91. The van der Waals surface area contributed by atoms with E-state index in [9.17, 15) is 18.0 Å². The van der Waals surface area contributed by atoms with Gasteiger partial charge in [-0.3, -0.25) is 4.79 Å². The summed E-state index contributed by atoms with van der Waals surface area (Å²) in [5.74, 6) is -0.653. The van der Waals surface area contributed by atoms with Crippen LogP contribution >= 0.6 is 11.6 Å². The lowest BCUT2D eigenvalue weighted by atomic mass is 9.95. The van der Waals surface area contributed by atoms with Crippen molar-refractivity contribution in [3.05, 3.63) is 46.2 Å². The van der Waals surface area contributed by atoms with Gasteiger partial charge < -0.3 is 4.90 Å². The van der Waals surface area contributed by atoms with Crippen LogP contribution in [0.4, 0.5) is 13.2 Å². The van der Waals surface area contributed by atoms with E-state index in [2.05, 4.69) is 5.10 Å². The first kappa shape index (κ1) is 21.3. The van der Waals surface area contributed by atoms with E-state index >= 15 is 0 Å². The summed E-state index contributed by atoms with van der Waals surface area (Å²) in [6.07, 6.45) is -4.46. The van der Waals surface area contributed by atoms with Crippen molar-refractivity contribution in [2.75, 3.05) is 13.1 Å². The molecule has 0 spiro atoms. The zero-order valence-electron chi connectivity index (χ0n) is 16.0. The topological polar surface area (TPSA) is 38.1 Å². The van der Waals surface area contributed by atoms with Gasteiger partial charge in [-0.05, 0) is 43.5 Å². The number of carbonyl (C=O) groups is 1. The molecule has 0 radical (unpaired) electrons. The maximum Gasteiger partial charge on any atom is 0.406 e. The Morgan fingerprint density at radius 2 is 1.67 bits per heavy atom. The fourth-order valence-electron chi connectivity index (χ4n) is 2.79. The molecular formula is C19H23ClF3N3O. The average molecular weight is 402 g/mol. The second kappa shape index (κ2) is 7.54. The number of halogens is 4. The quantitative estimate of drug-likeness (QED) is 0.706. The van der Waals surface area contributed by atoms with Gasteiger partial charge in [0.2, 0.25) is 0 Å². The molecular weight excluding hydrogens is 379 g/mol. The molecule has 1 aromatic carbocycles. The molecule has 1 aromatic heterocycles. The van der Waals surface area contributed by atoms with Crippen molar-refractivity contribution in [2.45, 2.75) is 40.8 Å². The van der Waals surface area contributed by atoms with Gasteiger partial charge in [0.1, 0.15) is 6.54 Å². The highest BCUT2D eigenvalue weighted by Crippen LogP contribution is 2.25. The van der Waals surface area contributed by atoms with Crippen molar-refractivity contribution < 1.29 is 18.0 Å². The second-order valence-corrected chi connectivity index (χ2v) is 8.16. The Bertz CT molecular complexity index is 804. The van der Waals surface area contributed by atoms with Crippen LogP contribution in [0.3, 0.4) is 0 Å². The van der Waals surface area contributed by atoms with E-state index in [0.29, 0.717) is 16.4 Å². The first-order valence-electron chi connectivity index (χ1n) is 8.47. The zero-order valence-corrected chi connectivity index (χ0v) is 16.7. The minimum absolute atomic E-state index is 0.000160. The molecule has 0 unspecified atom stereocenters. The maximum absolute atomic E-state index is 12.9. The molecule has 0 aliphatic heterocycles. The molecule has 0 aliphatic carbocycles. The van der Waals surface area contributed by atoms with Gasteiger partial charge in [-0.1, -0.05) is 32.4 Å². The van der Waals surface area contributed by atoms with Crippen molar-refractivity contribution >= 4 is 17.5 Å². The smallest absolute Gasteiger partial charge is 0.329 e. The van der Waals surface area contributed by atoms with Crippen LogP contribution in [-0.2, 0) is 0 Å². The number of carbonyl (C=O) groups excluding carboxylic acids is 1. The molecule has 0 fully saturated rings. The molecule has 0 atom stereocenters.